The number of hydrogen-bond acceptors (Lipinski definition) is 5. The van der Waals surface area contributed by atoms with Crippen molar-refractivity contribution in [2.24, 2.45) is 5.73 Å². The standard InChI is InChI=1S/C11H12BrN3O4/c1-19-10-4-8(9(15(17)18)3-7(10)12)14-5-6(13)2-11(14)16/h3-4,6H,2,5,13H2,1H3. The van der Waals surface area contributed by atoms with E-state index in [4.69, 9.17) is 10.5 Å². The molecule has 7 nitrogen and oxygen atoms in total. The fraction of sp³-hybridized carbons (Fsp3) is 0.364. The van der Waals surface area contributed by atoms with Gasteiger partial charge in [-0.1, -0.05) is 0 Å². The van der Waals surface area contributed by atoms with Crippen LogP contribution in [0.15, 0.2) is 16.6 Å². The molecule has 2 N–H and O–H groups in total. The van der Waals surface area contributed by atoms with E-state index < -0.39 is 4.92 Å². The highest BCUT2D eigenvalue weighted by atomic mass is 79.9. The summed E-state index contributed by atoms with van der Waals surface area (Å²) in [7, 11) is 1.45. The predicted octanol–water partition coefficient (Wildman–Crippen LogP) is 1.43. The van der Waals surface area contributed by atoms with E-state index in [0.29, 0.717) is 10.2 Å². The lowest BCUT2D eigenvalue weighted by molar-refractivity contribution is -0.384. The van der Waals surface area contributed by atoms with Gasteiger partial charge in [0, 0.05) is 31.1 Å². The Morgan fingerprint density at radius 2 is 2.26 bits per heavy atom. The van der Waals surface area contributed by atoms with Crippen molar-refractivity contribution in [3.05, 3.63) is 26.7 Å². The number of carbonyl (C=O) groups excluding carboxylic acids is 1. The maximum absolute atomic E-state index is 11.8. The van der Waals surface area contributed by atoms with E-state index in [2.05, 4.69) is 15.9 Å². The van der Waals surface area contributed by atoms with Crippen molar-refractivity contribution >= 4 is 33.2 Å². The number of methoxy groups -OCH3 is 1. The Morgan fingerprint density at radius 3 is 2.74 bits per heavy atom. The molecule has 0 radical (unpaired) electrons. The van der Waals surface area contributed by atoms with Crippen molar-refractivity contribution in [2.75, 3.05) is 18.6 Å². The fourth-order valence-corrected chi connectivity index (χ4v) is 2.51. The molecule has 1 aromatic rings. The Hall–Kier alpha value is -1.67. The summed E-state index contributed by atoms with van der Waals surface area (Å²) in [6, 6.07) is 2.49. The summed E-state index contributed by atoms with van der Waals surface area (Å²) in [6.45, 7) is 0.268. The zero-order valence-electron chi connectivity index (χ0n) is 10.1. The highest BCUT2D eigenvalue weighted by Gasteiger charge is 2.33. The second-order valence-electron chi connectivity index (χ2n) is 4.20. The van der Waals surface area contributed by atoms with E-state index in [1.54, 1.807) is 0 Å². The molecule has 0 saturated carbocycles. The van der Waals surface area contributed by atoms with Crippen LogP contribution in [-0.4, -0.2) is 30.5 Å². The number of rotatable bonds is 3. The molecule has 8 heteroatoms. The molecular weight excluding hydrogens is 318 g/mol. The van der Waals surface area contributed by atoms with Gasteiger partial charge in [0.25, 0.3) is 5.69 Å². The molecule has 1 fully saturated rings. The van der Waals surface area contributed by atoms with Crippen molar-refractivity contribution in [2.45, 2.75) is 12.5 Å². The minimum atomic E-state index is -0.531. The number of halogens is 1. The van der Waals surface area contributed by atoms with E-state index >= 15 is 0 Å². The SMILES string of the molecule is COc1cc(N2CC(N)CC2=O)c([N+](=O)[O-])cc1Br. The van der Waals surface area contributed by atoms with Crippen molar-refractivity contribution in [1.82, 2.24) is 0 Å². The van der Waals surface area contributed by atoms with Crippen LogP contribution in [0.4, 0.5) is 11.4 Å². The van der Waals surface area contributed by atoms with Crippen LogP contribution in [0.1, 0.15) is 6.42 Å². The van der Waals surface area contributed by atoms with Crippen molar-refractivity contribution in [3.63, 3.8) is 0 Å². The first-order valence-corrected chi connectivity index (χ1v) is 6.31. The number of benzene rings is 1. The van der Waals surface area contributed by atoms with Gasteiger partial charge in [0.2, 0.25) is 5.91 Å². The lowest BCUT2D eigenvalue weighted by atomic mass is 10.2. The van der Waals surface area contributed by atoms with Gasteiger partial charge < -0.3 is 15.4 Å². The smallest absolute Gasteiger partial charge is 0.294 e. The molecule has 1 amide bonds. The second-order valence-corrected chi connectivity index (χ2v) is 5.06. The molecule has 0 spiro atoms. The summed E-state index contributed by atoms with van der Waals surface area (Å²) in [5.41, 5.74) is 5.76. The summed E-state index contributed by atoms with van der Waals surface area (Å²) >= 11 is 3.19. The molecule has 1 aliphatic rings. The molecular formula is C11H12BrN3O4. The molecule has 1 heterocycles. The zero-order valence-corrected chi connectivity index (χ0v) is 11.7. The molecule has 19 heavy (non-hydrogen) atoms. The summed E-state index contributed by atoms with van der Waals surface area (Å²) in [4.78, 5) is 23.7. The van der Waals surface area contributed by atoms with Crippen LogP contribution >= 0.6 is 15.9 Å². The molecule has 0 bridgehead atoms. The fourth-order valence-electron chi connectivity index (χ4n) is 2.02. The molecule has 1 atom stereocenters. The van der Waals surface area contributed by atoms with E-state index in [9.17, 15) is 14.9 Å². The van der Waals surface area contributed by atoms with Crippen molar-refractivity contribution in [1.29, 1.82) is 0 Å². The average Bonchev–Trinajstić information content (AvgIpc) is 2.68. The maximum Gasteiger partial charge on any atom is 0.294 e. The summed E-state index contributed by atoms with van der Waals surface area (Å²) in [5, 5.41) is 11.1. The molecule has 102 valence electrons. The first-order valence-electron chi connectivity index (χ1n) is 5.52. The van der Waals surface area contributed by atoms with E-state index in [0.717, 1.165) is 0 Å². The maximum atomic E-state index is 11.8. The summed E-state index contributed by atoms with van der Waals surface area (Å²) < 4.78 is 5.56. The topological polar surface area (TPSA) is 98.7 Å². The Bertz CT molecular complexity index is 549. The third-order valence-electron chi connectivity index (χ3n) is 2.89. The lowest BCUT2D eigenvalue weighted by Crippen LogP contribution is -2.28. The first kappa shape index (κ1) is 13.8. The number of nitrogens with two attached hydrogens (primary N) is 1. The third kappa shape index (κ3) is 2.54. The normalized spacial score (nSPS) is 18.8. The number of nitrogens with zero attached hydrogens (tertiary/aromatic N) is 2. The minimum absolute atomic E-state index is 0.157. The first-order chi connectivity index (χ1) is 8.93. The van der Waals surface area contributed by atoms with Crippen LogP contribution in [0, 0.1) is 10.1 Å². The third-order valence-corrected chi connectivity index (χ3v) is 3.51. The average molecular weight is 330 g/mol. The minimum Gasteiger partial charge on any atom is -0.495 e. The van der Waals surface area contributed by atoms with E-state index in [1.807, 2.05) is 0 Å². The van der Waals surface area contributed by atoms with Crippen LogP contribution < -0.4 is 15.4 Å². The van der Waals surface area contributed by atoms with Gasteiger partial charge in [-0.3, -0.25) is 14.9 Å². The second kappa shape index (κ2) is 5.14. The van der Waals surface area contributed by atoms with Gasteiger partial charge in [-0.15, -0.1) is 0 Å². The monoisotopic (exact) mass is 329 g/mol. The quantitative estimate of drug-likeness (QED) is 0.668. The van der Waals surface area contributed by atoms with Crippen LogP contribution in [0.2, 0.25) is 0 Å². The molecule has 2 rings (SSSR count). The van der Waals surface area contributed by atoms with Crippen molar-refractivity contribution in [3.8, 4) is 5.75 Å². The zero-order chi connectivity index (χ0) is 14.2. The van der Waals surface area contributed by atoms with Crippen molar-refractivity contribution < 1.29 is 14.5 Å². The van der Waals surface area contributed by atoms with Crippen LogP contribution in [0.25, 0.3) is 0 Å². The molecule has 1 unspecified atom stereocenters. The Labute approximate surface area is 117 Å². The summed E-state index contributed by atoms with van der Waals surface area (Å²) in [6.07, 6.45) is 0.190. The van der Waals surface area contributed by atoms with Gasteiger partial charge in [-0.05, 0) is 15.9 Å². The Morgan fingerprint density at radius 1 is 1.58 bits per heavy atom. The van der Waals surface area contributed by atoms with Gasteiger partial charge in [0.05, 0.1) is 16.5 Å². The summed E-state index contributed by atoms with van der Waals surface area (Å²) in [5.74, 6) is 0.203. The molecule has 1 saturated heterocycles. The number of amides is 1. The molecule has 1 aliphatic heterocycles. The molecule has 0 aliphatic carbocycles. The largest absolute Gasteiger partial charge is 0.495 e. The Balaban J connectivity index is 2.54. The highest BCUT2D eigenvalue weighted by molar-refractivity contribution is 9.10. The predicted molar refractivity (Wildman–Crippen MR) is 72.3 cm³/mol. The number of carbonyl (C=O) groups is 1. The number of ether oxygens (including phenoxy) is 1. The van der Waals surface area contributed by atoms with E-state index in [1.165, 1.54) is 24.1 Å². The molecule has 0 aromatic heterocycles. The van der Waals surface area contributed by atoms with Crippen LogP contribution in [0.5, 0.6) is 5.75 Å². The lowest BCUT2D eigenvalue weighted by Gasteiger charge is -2.17. The Kier molecular flexibility index (Phi) is 3.72. The van der Waals surface area contributed by atoms with Crippen LogP contribution in [0.3, 0.4) is 0 Å². The number of hydrogen-bond donors (Lipinski definition) is 1. The van der Waals surface area contributed by atoms with Gasteiger partial charge in [-0.2, -0.15) is 0 Å². The number of nitro groups is 1. The highest BCUT2D eigenvalue weighted by Crippen LogP contribution is 2.39. The molecule has 1 aromatic carbocycles. The van der Waals surface area contributed by atoms with Gasteiger partial charge in [-0.25, -0.2) is 0 Å². The number of nitro benzene ring substituents is 1. The van der Waals surface area contributed by atoms with Crippen LogP contribution in [-0.2, 0) is 4.79 Å². The van der Waals surface area contributed by atoms with E-state index in [-0.39, 0.29) is 36.3 Å². The van der Waals surface area contributed by atoms with Gasteiger partial charge >= 0.3 is 0 Å². The number of anilines is 1. The van der Waals surface area contributed by atoms with Gasteiger partial charge in [0.1, 0.15) is 11.4 Å². The van der Waals surface area contributed by atoms with Gasteiger partial charge in [0.15, 0.2) is 0 Å².